The van der Waals surface area contributed by atoms with Gasteiger partial charge in [-0.25, -0.2) is 0 Å². The summed E-state index contributed by atoms with van der Waals surface area (Å²) in [5, 5.41) is 0. The zero-order valence-electron chi connectivity index (χ0n) is 5.57. The molecule has 0 fully saturated rings. The Kier molecular flexibility index (Phi) is 4.17. The summed E-state index contributed by atoms with van der Waals surface area (Å²) in [6, 6.07) is 0. The lowest BCUT2D eigenvalue weighted by Gasteiger charge is -1.91. The first-order valence-corrected chi connectivity index (χ1v) is 3.30. The molecule has 0 spiro atoms. The van der Waals surface area contributed by atoms with Crippen molar-refractivity contribution in [1.29, 1.82) is 0 Å². The highest BCUT2D eigenvalue weighted by Gasteiger charge is 2.00. The molecule has 0 saturated carbocycles. The highest BCUT2D eigenvalue weighted by molar-refractivity contribution is 6.19. The fourth-order valence-corrected chi connectivity index (χ4v) is 0.332. The molecular weight excluding hydrogens is 136 g/mol. The number of Topliss-reactive ketones (excluding diaryl/α,β-unsaturated/α-hetero) is 1. The number of carbonyl (C=O) groups is 1. The van der Waals surface area contributed by atoms with Gasteiger partial charge in [0, 0.05) is 5.92 Å². The maximum atomic E-state index is 10.7. The van der Waals surface area contributed by atoms with Crippen LogP contribution in [0.4, 0.5) is 0 Å². The standard InChI is InChI=1S/C7H9ClO/c1-6(2)7(9)4-3-5-8/h6H,5H2,1-2H3. The molecule has 0 amide bonds. The van der Waals surface area contributed by atoms with Gasteiger partial charge in [0.05, 0.1) is 5.88 Å². The van der Waals surface area contributed by atoms with Gasteiger partial charge < -0.3 is 0 Å². The molecule has 0 unspecified atom stereocenters. The van der Waals surface area contributed by atoms with Crippen LogP contribution in [0.25, 0.3) is 0 Å². The van der Waals surface area contributed by atoms with Crippen molar-refractivity contribution in [3.63, 3.8) is 0 Å². The van der Waals surface area contributed by atoms with E-state index in [-0.39, 0.29) is 17.6 Å². The highest BCUT2D eigenvalue weighted by Crippen LogP contribution is 1.90. The van der Waals surface area contributed by atoms with Crippen LogP contribution < -0.4 is 0 Å². The topological polar surface area (TPSA) is 17.1 Å². The van der Waals surface area contributed by atoms with E-state index in [0.717, 1.165) is 0 Å². The molecule has 50 valence electrons. The van der Waals surface area contributed by atoms with Crippen LogP contribution in [-0.4, -0.2) is 11.7 Å². The fourth-order valence-electron chi connectivity index (χ4n) is 0.265. The van der Waals surface area contributed by atoms with Gasteiger partial charge in [-0.15, -0.1) is 11.6 Å². The zero-order valence-corrected chi connectivity index (χ0v) is 6.33. The monoisotopic (exact) mass is 144 g/mol. The minimum atomic E-state index is -0.0457. The summed E-state index contributed by atoms with van der Waals surface area (Å²) >= 11 is 5.22. The van der Waals surface area contributed by atoms with Crippen molar-refractivity contribution in [1.82, 2.24) is 0 Å². The van der Waals surface area contributed by atoms with Gasteiger partial charge in [-0.3, -0.25) is 4.79 Å². The molecular formula is C7H9ClO. The molecule has 0 atom stereocenters. The van der Waals surface area contributed by atoms with Crippen LogP contribution in [0.1, 0.15) is 13.8 Å². The average Bonchev–Trinajstić information content (AvgIpc) is 1.82. The van der Waals surface area contributed by atoms with Crippen LogP contribution in [0.15, 0.2) is 0 Å². The van der Waals surface area contributed by atoms with Gasteiger partial charge >= 0.3 is 0 Å². The van der Waals surface area contributed by atoms with Crippen LogP contribution >= 0.6 is 11.6 Å². The average molecular weight is 145 g/mol. The summed E-state index contributed by atoms with van der Waals surface area (Å²) in [4.78, 5) is 10.7. The molecule has 0 bridgehead atoms. The third-order valence-electron chi connectivity index (χ3n) is 0.803. The first-order chi connectivity index (χ1) is 4.18. The highest BCUT2D eigenvalue weighted by atomic mass is 35.5. The Morgan fingerprint density at radius 1 is 1.67 bits per heavy atom. The van der Waals surface area contributed by atoms with Crippen molar-refractivity contribution < 1.29 is 4.79 Å². The van der Waals surface area contributed by atoms with Crippen LogP contribution in [0, 0.1) is 17.8 Å². The van der Waals surface area contributed by atoms with Crippen molar-refractivity contribution in [3.05, 3.63) is 0 Å². The SMILES string of the molecule is CC(C)C(=O)C#CCCl. The first-order valence-electron chi connectivity index (χ1n) is 2.77. The quantitative estimate of drug-likeness (QED) is 0.309. The molecule has 9 heavy (non-hydrogen) atoms. The minimum absolute atomic E-state index is 0.000664. The maximum absolute atomic E-state index is 10.7. The van der Waals surface area contributed by atoms with E-state index in [1.807, 2.05) is 13.8 Å². The van der Waals surface area contributed by atoms with Gasteiger partial charge in [-0.05, 0) is 5.92 Å². The Balaban J connectivity index is 3.77. The van der Waals surface area contributed by atoms with E-state index in [2.05, 4.69) is 11.8 Å². The van der Waals surface area contributed by atoms with E-state index in [1.54, 1.807) is 0 Å². The summed E-state index contributed by atoms with van der Waals surface area (Å²) in [7, 11) is 0. The normalized spacial score (nSPS) is 8.44. The number of carbonyl (C=O) groups excluding carboxylic acids is 1. The molecule has 2 heteroatoms. The summed E-state index contributed by atoms with van der Waals surface area (Å²) in [6.45, 7) is 3.62. The largest absolute Gasteiger partial charge is 0.285 e. The van der Waals surface area contributed by atoms with Crippen LogP contribution in [0.2, 0.25) is 0 Å². The van der Waals surface area contributed by atoms with Gasteiger partial charge in [-0.2, -0.15) is 0 Å². The molecule has 0 aliphatic rings. The van der Waals surface area contributed by atoms with E-state index in [9.17, 15) is 4.79 Å². The summed E-state index contributed by atoms with van der Waals surface area (Å²) in [6.07, 6.45) is 0. The second-order valence-corrected chi connectivity index (χ2v) is 2.22. The Morgan fingerprint density at radius 3 is 2.56 bits per heavy atom. The van der Waals surface area contributed by atoms with Gasteiger partial charge in [-0.1, -0.05) is 19.8 Å². The van der Waals surface area contributed by atoms with Gasteiger partial charge in [0.1, 0.15) is 0 Å². The minimum Gasteiger partial charge on any atom is -0.285 e. The van der Waals surface area contributed by atoms with Gasteiger partial charge in [0.2, 0.25) is 5.78 Å². The molecule has 0 rings (SSSR count). The van der Waals surface area contributed by atoms with Crippen molar-refractivity contribution in [3.8, 4) is 11.8 Å². The molecule has 0 N–H and O–H groups in total. The third-order valence-corrected chi connectivity index (χ3v) is 0.936. The van der Waals surface area contributed by atoms with Crippen molar-refractivity contribution in [2.75, 3.05) is 5.88 Å². The molecule has 0 aliphatic carbocycles. The number of halogens is 1. The zero-order chi connectivity index (χ0) is 7.28. The van der Waals surface area contributed by atoms with Gasteiger partial charge in [0.25, 0.3) is 0 Å². The lowest BCUT2D eigenvalue weighted by Crippen LogP contribution is -2.02. The van der Waals surface area contributed by atoms with E-state index in [1.165, 1.54) is 0 Å². The van der Waals surface area contributed by atoms with Crippen LogP contribution in [0.3, 0.4) is 0 Å². The molecule has 0 aromatic rings. The molecule has 0 aromatic heterocycles. The van der Waals surface area contributed by atoms with E-state index < -0.39 is 0 Å². The Bertz CT molecular complexity index is 150. The molecule has 1 nitrogen and oxygen atoms in total. The Morgan fingerprint density at radius 2 is 2.22 bits per heavy atom. The summed E-state index contributed by atoms with van der Waals surface area (Å²) < 4.78 is 0. The van der Waals surface area contributed by atoms with E-state index in [0.29, 0.717) is 0 Å². The number of alkyl halides is 1. The Hall–Kier alpha value is -0.480. The van der Waals surface area contributed by atoms with Crippen molar-refractivity contribution in [2.24, 2.45) is 5.92 Å². The number of ketones is 1. The molecule has 0 heterocycles. The maximum Gasteiger partial charge on any atom is 0.208 e. The second-order valence-electron chi connectivity index (χ2n) is 1.95. The summed E-state index contributed by atoms with van der Waals surface area (Å²) in [5.74, 6) is 5.10. The predicted octanol–water partition coefficient (Wildman–Crippen LogP) is 1.45. The molecule has 0 radical (unpaired) electrons. The number of hydrogen-bond donors (Lipinski definition) is 0. The number of hydrogen-bond acceptors (Lipinski definition) is 1. The third kappa shape index (κ3) is 4.05. The molecule has 0 saturated heterocycles. The number of rotatable bonds is 1. The van der Waals surface area contributed by atoms with Crippen molar-refractivity contribution >= 4 is 17.4 Å². The fraction of sp³-hybridized carbons (Fsp3) is 0.571. The molecule has 0 aromatic carbocycles. The lowest BCUT2D eigenvalue weighted by molar-refractivity contribution is -0.116. The van der Waals surface area contributed by atoms with E-state index >= 15 is 0 Å². The summed E-state index contributed by atoms with van der Waals surface area (Å²) in [5.41, 5.74) is 0. The first kappa shape index (κ1) is 8.52. The van der Waals surface area contributed by atoms with Gasteiger partial charge in [0.15, 0.2) is 0 Å². The Labute approximate surface area is 60.4 Å². The second kappa shape index (κ2) is 4.40. The molecule has 0 aliphatic heterocycles. The van der Waals surface area contributed by atoms with E-state index in [4.69, 9.17) is 11.6 Å². The predicted molar refractivity (Wildman–Crippen MR) is 38.3 cm³/mol. The smallest absolute Gasteiger partial charge is 0.208 e. The lowest BCUT2D eigenvalue weighted by atomic mass is 10.1. The van der Waals surface area contributed by atoms with Crippen LogP contribution in [0.5, 0.6) is 0 Å². The van der Waals surface area contributed by atoms with Crippen molar-refractivity contribution in [2.45, 2.75) is 13.8 Å². The van der Waals surface area contributed by atoms with Crippen LogP contribution in [-0.2, 0) is 4.79 Å².